The van der Waals surface area contributed by atoms with E-state index in [-0.39, 0.29) is 11.6 Å². The van der Waals surface area contributed by atoms with Crippen LogP contribution in [0.3, 0.4) is 0 Å². The van der Waals surface area contributed by atoms with Crippen LogP contribution in [0.1, 0.15) is 41.0 Å². The second-order valence-electron chi connectivity index (χ2n) is 8.76. The van der Waals surface area contributed by atoms with Crippen molar-refractivity contribution in [3.8, 4) is 11.5 Å². The van der Waals surface area contributed by atoms with Crippen LogP contribution in [0.15, 0.2) is 73.7 Å². The van der Waals surface area contributed by atoms with Crippen molar-refractivity contribution >= 4 is 56.3 Å². The van der Waals surface area contributed by atoms with Gasteiger partial charge in [0, 0.05) is 17.4 Å². The molecule has 6 rings (SSSR count). The minimum Gasteiger partial charge on any atom is -0.493 e. The monoisotopic (exact) mass is 592 g/mol. The Morgan fingerprint density at radius 2 is 2.03 bits per heavy atom. The van der Waals surface area contributed by atoms with Gasteiger partial charge in [0.2, 0.25) is 0 Å². The van der Waals surface area contributed by atoms with Crippen LogP contribution < -0.4 is 24.4 Å². The maximum Gasteiger partial charge on any atom is 0.308 e. The Kier molecular flexibility index (Phi) is 6.22. The lowest BCUT2D eigenvalue weighted by molar-refractivity contribution is -0.132. The second-order valence-corrected chi connectivity index (χ2v) is 11.6. The second kappa shape index (κ2) is 9.55. The van der Waals surface area contributed by atoms with Crippen LogP contribution in [0.5, 0.6) is 11.5 Å². The van der Waals surface area contributed by atoms with Crippen LogP contribution in [0.25, 0.3) is 11.8 Å². The van der Waals surface area contributed by atoms with Gasteiger partial charge in [0.25, 0.3) is 5.56 Å². The van der Waals surface area contributed by atoms with E-state index < -0.39 is 5.97 Å². The average Bonchev–Trinajstić information content (AvgIpc) is 3.52. The molecule has 2 aliphatic rings. The number of aromatic nitrogens is 1. The molecule has 0 amide bonds. The molecule has 0 N–H and O–H groups in total. The van der Waals surface area contributed by atoms with E-state index in [9.17, 15) is 9.59 Å². The predicted octanol–water partition coefficient (Wildman–Crippen LogP) is 5.08. The summed E-state index contributed by atoms with van der Waals surface area (Å²) in [5, 5.41) is 2.05. The first-order valence-electron chi connectivity index (χ1n) is 11.7. The summed E-state index contributed by atoms with van der Waals surface area (Å²) in [6.45, 7) is 1.34. The van der Waals surface area contributed by atoms with Crippen LogP contribution in [0, 0.1) is 0 Å². The molecule has 1 aliphatic heterocycles. The zero-order chi connectivity index (χ0) is 25.7. The molecule has 0 unspecified atom stereocenters. The van der Waals surface area contributed by atoms with Gasteiger partial charge >= 0.3 is 5.97 Å². The first-order chi connectivity index (χ1) is 17.9. The Labute approximate surface area is 229 Å². The van der Waals surface area contributed by atoms with Crippen LogP contribution >= 0.6 is 38.6 Å². The first kappa shape index (κ1) is 24.1. The van der Waals surface area contributed by atoms with Crippen molar-refractivity contribution < 1.29 is 14.3 Å². The standard InChI is InChI=1S/C28H21BrN2O4S2/c1-15(32)35-26-20(29)12-16(13-21(26)34-2)14-23-27(33)31-25(22-8-5-11-36-22)19-10-9-17-6-3-4-7-18(17)24(19)30-28(31)37-23/h3-8,11-14,25H,9-10H2,1-2H3/b23-14+/t25-/m0/s1. The van der Waals surface area contributed by atoms with Gasteiger partial charge in [-0.05, 0) is 75.1 Å². The van der Waals surface area contributed by atoms with Gasteiger partial charge in [-0.25, -0.2) is 4.99 Å². The number of thiazole rings is 1. The van der Waals surface area contributed by atoms with E-state index in [1.165, 1.54) is 36.5 Å². The number of aryl methyl sites for hydroxylation is 1. The smallest absolute Gasteiger partial charge is 0.308 e. The van der Waals surface area contributed by atoms with Crippen molar-refractivity contribution in [2.45, 2.75) is 25.8 Å². The van der Waals surface area contributed by atoms with Crippen molar-refractivity contribution in [3.63, 3.8) is 0 Å². The van der Waals surface area contributed by atoms with Crippen LogP contribution in [0.4, 0.5) is 0 Å². The van der Waals surface area contributed by atoms with Crippen molar-refractivity contribution in [3.05, 3.63) is 105 Å². The molecule has 0 bridgehead atoms. The number of methoxy groups -OCH3 is 1. The number of rotatable bonds is 4. The fraction of sp³-hybridized carbons (Fsp3) is 0.179. The molecule has 0 radical (unpaired) electrons. The van der Waals surface area contributed by atoms with E-state index >= 15 is 0 Å². The largest absolute Gasteiger partial charge is 0.493 e. The highest BCUT2D eigenvalue weighted by Crippen LogP contribution is 2.42. The Hall–Kier alpha value is -3.27. The SMILES string of the molecule is COc1cc(/C=c2/sc3n(c2=O)[C@H](c2cccs2)C2=C(N=3)c3ccccc3CC2)cc(Br)c1OC(C)=O. The summed E-state index contributed by atoms with van der Waals surface area (Å²) in [5.74, 6) is 0.254. The normalized spacial score (nSPS) is 16.5. The van der Waals surface area contributed by atoms with E-state index in [1.807, 2.05) is 22.8 Å². The van der Waals surface area contributed by atoms with Crippen LogP contribution in [-0.4, -0.2) is 17.6 Å². The van der Waals surface area contributed by atoms with Crippen LogP contribution in [-0.2, 0) is 11.2 Å². The Morgan fingerprint density at radius 1 is 1.19 bits per heavy atom. The van der Waals surface area contributed by atoms with E-state index in [2.05, 4.69) is 45.6 Å². The van der Waals surface area contributed by atoms with E-state index in [0.717, 1.165) is 34.5 Å². The van der Waals surface area contributed by atoms with Gasteiger partial charge in [-0.2, -0.15) is 0 Å². The number of thiophene rings is 1. The Morgan fingerprint density at radius 3 is 2.78 bits per heavy atom. The van der Waals surface area contributed by atoms with Gasteiger partial charge in [-0.1, -0.05) is 41.7 Å². The minimum absolute atomic E-state index is 0.0771. The van der Waals surface area contributed by atoms with Crippen molar-refractivity contribution in [2.24, 2.45) is 4.99 Å². The first-order valence-corrected chi connectivity index (χ1v) is 14.2. The zero-order valence-electron chi connectivity index (χ0n) is 20.0. The molecule has 2 aromatic carbocycles. The lowest BCUT2D eigenvalue weighted by Crippen LogP contribution is -2.38. The molecule has 4 aromatic rings. The number of esters is 1. The predicted molar refractivity (Wildman–Crippen MR) is 149 cm³/mol. The molecular formula is C28H21BrN2O4S2. The maximum absolute atomic E-state index is 13.8. The number of fused-ring (bicyclic) bond motifs is 3. The summed E-state index contributed by atoms with van der Waals surface area (Å²) in [5.41, 5.74) is 5.29. The lowest BCUT2D eigenvalue weighted by atomic mass is 9.85. The van der Waals surface area contributed by atoms with Gasteiger partial charge in [0.05, 0.1) is 27.9 Å². The zero-order valence-corrected chi connectivity index (χ0v) is 23.2. The molecule has 0 saturated carbocycles. The number of benzene rings is 2. The summed E-state index contributed by atoms with van der Waals surface area (Å²) in [4.78, 5) is 32.2. The number of hydrogen-bond acceptors (Lipinski definition) is 7. The molecule has 3 heterocycles. The molecule has 1 atom stereocenters. The quantitative estimate of drug-likeness (QED) is 0.245. The van der Waals surface area contributed by atoms with Gasteiger partial charge in [0.15, 0.2) is 16.3 Å². The van der Waals surface area contributed by atoms with Gasteiger partial charge < -0.3 is 9.47 Å². The summed E-state index contributed by atoms with van der Waals surface area (Å²) >= 11 is 6.51. The molecule has 0 spiro atoms. The molecule has 37 heavy (non-hydrogen) atoms. The van der Waals surface area contributed by atoms with E-state index in [1.54, 1.807) is 23.5 Å². The maximum atomic E-state index is 13.8. The molecule has 6 nitrogen and oxygen atoms in total. The molecule has 186 valence electrons. The lowest BCUT2D eigenvalue weighted by Gasteiger charge is -2.30. The minimum atomic E-state index is -0.445. The van der Waals surface area contributed by atoms with Crippen molar-refractivity contribution in [1.29, 1.82) is 0 Å². The molecular weight excluding hydrogens is 572 g/mol. The number of hydrogen-bond donors (Lipinski definition) is 0. The summed E-state index contributed by atoms with van der Waals surface area (Å²) in [7, 11) is 1.51. The third-order valence-electron chi connectivity index (χ3n) is 6.48. The molecule has 0 saturated heterocycles. The highest BCUT2D eigenvalue weighted by molar-refractivity contribution is 9.10. The molecule has 1 aliphatic carbocycles. The number of nitrogens with zero attached hydrogens (tertiary/aromatic N) is 2. The van der Waals surface area contributed by atoms with Crippen molar-refractivity contribution in [2.75, 3.05) is 7.11 Å². The van der Waals surface area contributed by atoms with Gasteiger partial charge in [0.1, 0.15) is 0 Å². The van der Waals surface area contributed by atoms with Crippen molar-refractivity contribution in [1.82, 2.24) is 4.57 Å². The summed E-state index contributed by atoms with van der Waals surface area (Å²) < 4.78 is 13.7. The fourth-order valence-corrected chi connectivity index (χ4v) is 7.32. The topological polar surface area (TPSA) is 69.9 Å². The Bertz CT molecular complexity index is 1770. The van der Waals surface area contributed by atoms with Crippen LogP contribution in [0.2, 0.25) is 0 Å². The average molecular weight is 594 g/mol. The number of carbonyl (C=O) groups is 1. The fourth-order valence-electron chi connectivity index (χ4n) is 4.94. The molecule has 0 fully saturated rings. The number of carbonyl (C=O) groups excluding carboxylic acids is 1. The number of allylic oxidation sites excluding steroid dienone is 1. The third-order valence-corrected chi connectivity index (χ3v) is 8.98. The summed E-state index contributed by atoms with van der Waals surface area (Å²) in [6, 6.07) is 15.9. The third kappa shape index (κ3) is 4.21. The number of halogens is 1. The highest BCUT2D eigenvalue weighted by Gasteiger charge is 2.33. The van der Waals surface area contributed by atoms with E-state index in [4.69, 9.17) is 14.5 Å². The van der Waals surface area contributed by atoms with Gasteiger partial charge in [-0.15, -0.1) is 11.3 Å². The van der Waals surface area contributed by atoms with Gasteiger partial charge in [-0.3, -0.25) is 14.2 Å². The number of ether oxygens (including phenoxy) is 2. The molecule has 2 aromatic heterocycles. The van der Waals surface area contributed by atoms with E-state index in [0.29, 0.717) is 25.3 Å². The molecule has 9 heteroatoms. The highest BCUT2D eigenvalue weighted by atomic mass is 79.9. The Balaban J connectivity index is 1.55. The summed E-state index contributed by atoms with van der Waals surface area (Å²) in [6.07, 6.45) is 3.63.